The van der Waals surface area contributed by atoms with E-state index in [1.54, 1.807) is 16.7 Å². The van der Waals surface area contributed by atoms with Gasteiger partial charge in [0.25, 0.3) is 0 Å². The van der Waals surface area contributed by atoms with Crippen LogP contribution in [0.5, 0.6) is 0 Å². The Kier molecular flexibility index (Phi) is 2.73. The van der Waals surface area contributed by atoms with E-state index < -0.39 is 0 Å². The van der Waals surface area contributed by atoms with E-state index in [4.69, 9.17) is 23.2 Å². The first kappa shape index (κ1) is 10.8. The summed E-state index contributed by atoms with van der Waals surface area (Å²) >= 11 is 6.24. The maximum atomic E-state index is 12.8. The zero-order chi connectivity index (χ0) is 11.7. The number of nitrogen functional groups attached to an aromatic ring is 1. The fourth-order valence-electron chi connectivity index (χ4n) is 1.30. The fraction of sp³-hybridized carbons (Fsp3) is 0. The average molecular weight is 251 g/mol. The molecular formula is C10H6FN3S2. The molecule has 0 aliphatic heterocycles. The summed E-state index contributed by atoms with van der Waals surface area (Å²) in [5.41, 5.74) is 6.43. The highest BCUT2D eigenvalue weighted by atomic mass is 32.1. The SMILES string of the molecule is N#Cc1sc(=S)n(-c2ccc(F)cc2)c1N. The van der Waals surface area contributed by atoms with Crippen molar-refractivity contribution in [1.29, 1.82) is 5.26 Å². The van der Waals surface area contributed by atoms with Gasteiger partial charge in [-0.1, -0.05) is 11.3 Å². The van der Waals surface area contributed by atoms with Crippen molar-refractivity contribution in [3.63, 3.8) is 0 Å². The molecule has 2 N–H and O–H groups in total. The maximum absolute atomic E-state index is 12.8. The number of hydrogen-bond acceptors (Lipinski definition) is 4. The highest BCUT2D eigenvalue weighted by Gasteiger charge is 2.10. The quantitative estimate of drug-likeness (QED) is 0.793. The highest BCUT2D eigenvalue weighted by Crippen LogP contribution is 2.25. The Hall–Kier alpha value is -1.71. The zero-order valence-electron chi connectivity index (χ0n) is 7.98. The van der Waals surface area contributed by atoms with Gasteiger partial charge in [0.15, 0.2) is 3.95 Å². The lowest BCUT2D eigenvalue weighted by Gasteiger charge is -2.04. The molecule has 0 aliphatic rings. The standard InChI is InChI=1S/C10H6FN3S2/c11-6-1-3-7(4-2-6)14-9(13)8(5-12)16-10(14)15/h1-4H,13H2. The van der Waals surface area contributed by atoms with Crippen LogP contribution in [0.1, 0.15) is 4.88 Å². The molecule has 2 rings (SSSR count). The van der Waals surface area contributed by atoms with E-state index in [-0.39, 0.29) is 5.82 Å². The average Bonchev–Trinajstić information content (AvgIpc) is 2.56. The van der Waals surface area contributed by atoms with Crippen LogP contribution in [0.4, 0.5) is 10.2 Å². The van der Waals surface area contributed by atoms with E-state index >= 15 is 0 Å². The lowest BCUT2D eigenvalue weighted by molar-refractivity contribution is 0.627. The normalized spacial score (nSPS) is 10.0. The summed E-state index contributed by atoms with van der Waals surface area (Å²) in [5.74, 6) is -0.0336. The maximum Gasteiger partial charge on any atom is 0.168 e. The van der Waals surface area contributed by atoms with E-state index in [9.17, 15) is 4.39 Å². The summed E-state index contributed by atoms with van der Waals surface area (Å²) in [5, 5.41) is 8.81. The lowest BCUT2D eigenvalue weighted by atomic mass is 10.3. The summed E-state index contributed by atoms with van der Waals surface area (Å²) in [6.07, 6.45) is 0. The Morgan fingerprint density at radius 2 is 2.00 bits per heavy atom. The number of rotatable bonds is 1. The second kappa shape index (κ2) is 4.04. The molecule has 0 unspecified atom stereocenters. The molecule has 16 heavy (non-hydrogen) atoms. The van der Waals surface area contributed by atoms with Gasteiger partial charge in [0, 0.05) is 5.69 Å². The molecule has 0 bridgehead atoms. The van der Waals surface area contributed by atoms with E-state index in [2.05, 4.69) is 0 Å². The van der Waals surface area contributed by atoms with Gasteiger partial charge >= 0.3 is 0 Å². The third-order valence-corrected chi connectivity index (χ3v) is 3.33. The Morgan fingerprint density at radius 1 is 1.38 bits per heavy atom. The van der Waals surface area contributed by atoms with E-state index in [0.29, 0.717) is 20.3 Å². The second-order valence-corrected chi connectivity index (χ2v) is 4.65. The Morgan fingerprint density at radius 3 is 2.50 bits per heavy atom. The van der Waals surface area contributed by atoms with Gasteiger partial charge < -0.3 is 5.73 Å². The van der Waals surface area contributed by atoms with Crippen LogP contribution in [0, 0.1) is 21.1 Å². The number of nitrogens with two attached hydrogens (primary N) is 1. The monoisotopic (exact) mass is 251 g/mol. The van der Waals surface area contributed by atoms with Gasteiger partial charge in [-0.25, -0.2) is 4.39 Å². The van der Waals surface area contributed by atoms with Crippen molar-refractivity contribution in [2.75, 3.05) is 5.73 Å². The summed E-state index contributed by atoms with van der Waals surface area (Å²) in [6, 6.07) is 7.74. The van der Waals surface area contributed by atoms with Crippen molar-refractivity contribution in [3.05, 3.63) is 38.9 Å². The van der Waals surface area contributed by atoms with Crippen molar-refractivity contribution >= 4 is 29.4 Å². The lowest BCUT2D eigenvalue weighted by Crippen LogP contribution is -2.00. The smallest absolute Gasteiger partial charge is 0.168 e. The van der Waals surface area contributed by atoms with Crippen LogP contribution < -0.4 is 5.73 Å². The van der Waals surface area contributed by atoms with Gasteiger partial charge in [-0.2, -0.15) is 5.26 Å². The minimum absolute atomic E-state index is 0.295. The zero-order valence-corrected chi connectivity index (χ0v) is 9.61. The molecule has 3 nitrogen and oxygen atoms in total. The minimum atomic E-state index is -0.329. The first-order valence-electron chi connectivity index (χ1n) is 4.31. The molecule has 0 saturated carbocycles. The molecule has 80 valence electrons. The Labute approximate surface area is 100 Å². The predicted molar refractivity (Wildman–Crippen MR) is 63.6 cm³/mol. The summed E-state index contributed by atoms with van der Waals surface area (Å²) in [4.78, 5) is 0.370. The molecule has 0 saturated heterocycles. The summed E-state index contributed by atoms with van der Waals surface area (Å²) in [6.45, 7) is 0. The molecule has 1 aromatic heterocycles. The molecule has 6 heteroatoms. The first-order valence-corrected chi connectivity index (χ1v) is 5.53. The minimum Gasteiger partial charge on any atom is -0.383 e. The van der Waals surface area contributed by atoms with Crippen LogP contribution >= 0.6 is 23.6 Å². The number of nitriles is 1. The number of thiazole rings is 1. The van der Waals surface area contributed by atoms with Gasteiger partial charge in [-0.15, -0.1) is 0 Å². The van der Waals surface area contributed by atoms with Crippen LogP contribution in [0.15, 0.2) is 24.3 Å². The molecule has 1 aromatic carbocycles. The van der Waals surface area contributed by atoms with Crippen LogP contribution in [-0.4, -0.2) is 4.57 Å². The largest absolute Gasteiger partial charge is 0.383 e. The molecule has 0 aliphatic carbocycles. The van der Waals surface area contributed by atoms with E-state index in [1.807, 2.05) is 6.07 Å². The van der Waals surface area contributed by atoms with Gasteiger partial charge in [0.2, 0.25) is 0 Å². The van der Waals surface area contributed by atoms with Crippen LogP contribution in [0.25, 0.3) is 5.69 Å². The molecule has 0 fully saturated rings. The summed E-state index contributed by atoms with van der Waals surface area (Å²) < 4.78 is 14.8. The molecular weight excluding hydrogens is 245 g/mol. The Bertz CT molecular complexity index is 619. The van der Waals surface area contributed by atoms with Crippen molar-refractivity contribution in [3.8, 4) is 11.8 Å². The topological polar surface area (TPSA) is 54.7 Å². The number of benzene rings is 1. The fourth-order valence-corrected chi connectivity index (χ4v) is 2.46. The first-order chi connectivity index (χ1) is 7.63. The molecule has 2 aromatic rings. The highest BCUT2D eigenvalue weighted by molar-refractivity contribution is 7.73. The number of aromatic nitrogens is 1. The van der Waals surface area contributed by atoms with Gasteiger partial charge in [-0.05, 0) is 36.5 Å². The molecule has 0 amide bonds. The van der Waals surface area contributed by atoms with Gasteiger partial charge in [-0.3, -0.25) is 4.57 Å². The summed E-state index contributed by atoms with van der Waals surface area (Å²) in [7, 11) is 0. The number of nitrogens with zero attached hydrogens (tertiary/aromatic N) is 2. The molecule has 0 atom stereocenters. The Balaban J connectivity index is 2.66. The van der Waals surface area contributed by atoms with E-state index in [0.717, 1.165) is 11.3 Å². The van der Waals surface area contributed by atoms with Crippen LogP contribution in [0.3, 0.4) is 0 Å². The second-order valence-electron chi connectivity index (χ2n) is 3.01. The van der Waals surface area contributed by atoms with Gasteiger partial charge in [0.1, 0.15) is 22.6 Å². The van der Waals surface area contributed by atoms with E-state index in [1.165, 1.54) is 12.1 Å². The van der Waals surface area contributed by atoms with Crippen molar-refractivity contribution in [2.45, 2.75) is 0 Å². The van der Waals surface area contributed by atoms with Crippen molar-refractivity contribution < 1.29 is 4.39 Å². The van der Waals surface area contributed by atoms with Crippen LogP contribution in [0.2, 0.25) is 0 Å². The predicted octanol–water partition coefficient (Wildman–Crippen LogP) is 2.86. The third-order valence-electron chi connectivity index (χ3n) is 2.03. The molecule has 0 radical (unpaired) electrons. The van der Waals surface area contributed by atoms with Crippen molar-refractivity contribution in [2.24, 2.45) is 0 Å². The van der Waals surface area contributed by atoms with Crippen molar-refractivity contribution in [1.82, 2.24) is 4.57 Å². The number of hydrogen-bond donors (Lipinski definition) is 1. The molecule has 0 spiro atoms. The third kappa shape index (κ3) is 1.71. The van der Waals surface area contributed by atoms with Gasteiger partial charge in [0.05, 0.1) is 0 Å². The van der Waals surface area contributed by atoms with Crippen LogP contribution in [-0.2, 0) is 0 Å². The molecule has 1 heterocycles. The number of halogens is 1. The number of anilines is 1.